The Morgan fingerprint density at radius 2 is 1.89 bits per heavy atom. The molecule has 1 unspecified atom stereocenters. The van der Waals surface area contributed by atoms with Gasteiger partial charge in [0.15, 0.2) is 0 Å². The Bertz CT molecular complexity index is 726. The van der Waals surface area contributed by atoms with Gasteiger partial charge in [0.25, 0.3) is 5.91 Å². The van der Waals surface area contributed by atoms with Crippen LogP contribution in [0.4, 0.5) is 4.79 Å². The van der Waals surface area contributed by atoms with E-state index >= 15 is 0 Å². The molecule has 146 valence electrons. The topological polar surface area (TPSA) is 105 Å². The van der Waals surface area contributed by atoms with Gasteiger partial charge in [-0.25, -0.2) is 4.79 Å². The minimum Gasteiger partial charge on any atom is -0.352 e. The van der Waals surface area contributed by atoms with Gasteiger partial charge in [-0.2, -0.15) is 0 Å². The number of imide groups is 1. The highest BCUT2D eigenvalue weighted by Crippen LogP contribution is 2.34. The standard InChI is InChI=1S/C20H28N4O3/c1-14(21)11-17(25)22-12-15-7-3-4-8-16(15)13-24-18(26)20(23-19(24)27)9-5-2-6-10-20/h3-4,7-8,14H,2,5-6,9-13,21H2,1H3,(H,22,25)(H,23,27). The number of nitrogens with two attached hydrogens (primary N) is 1. The number of nitrogens with zero attached hydrogens (tertiary/aromatic N) is 1. The normalized spacial score (nSPS) is 19.9. The molecule has 1 saturated heterocycles. The number of amides is 4. The molecule has 1 aliphatic carbocycles. The zero-order valence-corrected chi connectivity index (χ0v) is 15.8. The van der Waals surface area contributed by atoms with Crippen LogP contribution in [0.1, 0.15) is 56.6 Å². The zero-order valence-electron chi connectivity index (χ0n) is 15.8. The first-order valence-electron chi connectivity index (χ1n) is 9.64. The Kier molecular flexibility index (Phi) is 5.79. The second-order valence-corrected chi connectivity index (χ2v) is 7.69. The highest BCUT2D eigenvalue weighted by atomic mass is 16.2. The van der Waals surface area contributed by atoms with Crippen LogP contribution in [-0.2, 0) is 22.7 Å². The van der Waals surface area contributed by atoms with Gasteiger partial charge < -0.3 is 16.4 Å². The summed E-state index contributed by atoms with van der Waals surface area (Å²) in [6.45, 7) is 2.34. The van der Waals surface area contributed by atoms with E-state index in [4.69, 9.17) is 5.73 Å². The summed E-state index contributed by atoms with van der Waals surface area (Å²) in [5, 5.41) is 5.79. The second-order valence-electron chi connectivity index (χ2n) is 7.69. The molecule has 1 spiro atoms. The molecule has 2 fully saturated rings. The molecule has 0 radical (unpaired) electrons. The quantitative estimate of drug-likeness (QED) is 0.662. The first-order chi connectivity index (χ1) is 12.9. The maximum absolute atomic E-state index is 13.0. The molecule has 1 aliphatic heterocycles. The molecule has 27 heavy (non-hydrogen) atoms. The molecule has 1 atom stereocenters. The maximum atomic E-state index is 13.0. The lowest BCUT2D eigenvalue weighted by Crippen LogP contribution is -2.48. The molecule has 0 bridgehead atoms. The van der Waals surface area contributed by atoms with E-state index in [1.165, 1.54) is 4.90 Å². The lowest BCUT2D eigenvalue weighted by atomic mass is 9.81. The molecule has 7 nitrogen and oxygen atoms in total. The molecular weight excluding hydrogens is 344 g/mol. The van der Waals surface area contributed by atoms with Crippen molar-refractivity contribution in [2.45, 2.75) is 70.1 Å². The fourth-order valence-corrected chi connectivity index (χ4v) is 3.93. The van der Waals surface area contributed by atoms with E-state index in [0.717, 1.165) is 30.4 Å². The molecule has 1 saturated carbocycles. The van der Waals surface area contributed by atoms with Gasteiger partial charge in [0.2, 0.25) is 5.91 Å². The van der Waals surface area contributed by atoms with Crippen LogP contribution < -0.4 is 16.4 Å². The van der Waals surface area contributed by atoms with Crippen molar-refractivity contribution < 1.29 is 14.4 Å². The van der Waals surface area contributed by atoms with Gasteiger partial charge in [-0.05, 0) is 30.9 Å². The summed E-state index contributed by atoms with van der Waals surface area (Å²) in [6.07, 6.45) is 4.71. The summed E-state index contributed by atoms with van der Waals surface area (Å²) in [5.41, 5.74) is 6.68. The van der Waals surface area contributed by atoms with Crippen LogP contribution in [0.5, 0.6) is 0 Å². The molecule has 1 aromatic carbocycles. The lowest BCUT2D eigenvalue weighted by molar-refractivity contribution is -0.132. The van der Waals surface area contributed by atoms with Crippen LogP contribution in [0.2, 0.25) is 0 Å². The third-order valence-electron chi connectivity index (χ3n) is 5.38. The van der Waals surface area contributed by atoms with Gasteiger partial charge in [0.05, 0.1) is 6.54 Å². The molecule has 7 heteroatoms. The van der Waals surface area contributed by atoms with E-state index in [0.29, 0.717) is 19.4 Å². The highest BCUT2D eigenvalue weighted by Gasteiger charge is 2.51. The monoisotopic (exact) mass is 372 g/mol. The highest BCUT2D eigenvalue weighted by molar-refractivity contribution is 6.07. The predicted octanol–water partition coefficient (Wildman–Crippen LogP) is 1.79. The first-order valence-corrected chi connectivity index (χ1v) is 9.64. The number of nitrogens with one attached hydrogen (secondary N) is 2. The minimum absolute atomic E-state index is 0.115. The van der Waals surface area contributed by atoms with Crippen LogP contribution in [0, 0.1) is 0 Å². The van der Waals surface area contributed by atoms with E-state index in [2.05, 4.69) is 10.6 Å². The van der Waals surface area contributed by atoms with Crippen LogP contribution in [-0.4, -0.2) is 34.3 Å². The van der Waals surface area contributed by atoms with Crippen molar-refractivity contribution in [2.24, 2.45) is 5.73 Å². The van der Waals surface area contributed by atoms with Gasteiger partial charge in [0.1, 0.15) is 5.54 Å². The minimum atomic E-state index is -0.713. The molecule has 3 rings (SSSR count). The number of urea groups is 1. The smallest absolute Gasteiger partial charge is 0.325 e. The average molecular weight is 372 g/mol. The van der Waals surface area contributed by atoms with Crippen LogP contribution in [0.15, 0.2) is 24.3 Å². The Morgan fingerprint density at radius 3 is 2.56 bits per heavy atom. The number of carbonyl (C=O) groups excluding carboxylic acids is 3. The molecule has 4 amide bonds. The maximum Gasteiger partial charge on any atom is 0.325 e. The number of benzene rings is 1. The van der Waals surface area contributed by atoms with Crippen molar-refractivity contribution in [3.8, 4) is 0 Å². The van der Waals surface area contributed by atoms with E-state index in [1.807, 2.05) is 24.3 Å². The summed E-state index contributed by atoms with van der Waals surface area (Å²) in [6, 6.07) is 7.02. The largest absolute Gasteiger partial charge is 0.352 e. The van der Waals surface area contributed by atoms with Crippen molar-refractivity contribution in [3.05, 3.63) is 35.4 Å². The van der Waals surface area contributed by atoms with Gasteiger partial charge in [-0.1, -0.05) is 43.5 Å². The zero-order chi connectivity index (χ0) is 19.4. The van der Waals surface area contributed by atoms with Crippen LogP contribution >= 0.6 is 0 Å². The van der Waals surface area contributed by atoms with Crippen molar-refractivity contribution in [1.29, 1.82) is 0 Å². The molecular formula is C20H28N4O3. The first kappa shape index (κ1) is 19.4. The number of rotatable bonds is 6. The second kappa shape index (κ2) is 8.08. The average Bonchev–Trinajstić information content (AvgIpc) is 2.85. The number of hydrogen-bond acceptors (Lipinski definition) is 4. The third-order valence-corrected chi connectivity index (χ3v) is 5.38. The van der Waals surface area contributed by atoms with Crippen LogP contribution in [0.3, 0.4) is 0 Å². The van der Waals surface area contributed by atoms with Gasteiger partial charge in [0, 0.05) is 19.0 Å². The summed E-state index contributed by atoms with van der Waals surface area (Å²) in [7, 11) is 0. The fraction of sp³-hybridized carbons (Fsp3) is 0.550. The number of hydrogen-bond donors (Lipinski definition) is 3. The molecule has 1 heterocycles. The van der Waals surface area contributed by atoms with Crippen LogP contribution in [0.25, 0.3) is 0 Å². The summed E-state index contributed by atoms with van der Waals surface area (Å²) >= 11 is 0. The summed E-state index contributed by atoms with van der Waals surface area (Å²) in [5.74, 6) is -0.237. The van der Waals surface area contributed by atoms with Gasteiger partial charge in [-0.15, -0.1) is 0 Å². The van der Waals surface area contributed by atoms with E-state index < -0.39 is 5.54 Å². The van der Waals surface area contributed by atoms with Gasteiger partial charge in [-0.3, -0.25) is 14.5 Å². The lowest BCUT2D eigenvalue weighted by Gasteiger charge is -2.30. The van der Waals surface area contributed by atoms with Crippen molar-refractivity contribution in [3.63, 3.8) is 0 Å². The van der Waals surface area contributed by atoms with E-state index in [1.54, 1.807) is 6.92 Å². The van der Waals surface area contributed by atoms with Crippen molar-refractivity contribution >= 4 is 17.8 Å². The SMILES string of the molecule is CC(N)CC(=O)NCc1ccccc1CN1C(=O)NC2(CCCCC2)C1=O. The molecule has 4 N–H and O–H groups in total. The predicted molar refractivity (Wildman–Crippen MR) is 101 cm³/mol. The molecule has 0 aromatic heterocycles. The Labute approximate surface area is 159 Å². The number of carbonyl (C=O) groups is 3. The summed E-state index contributed by atoms with van der Waals surface area (Å²) < 4.78 is 0. The van der Waals surface area contributed by atoms with E-state index in [-0.39, 0.29) is 36.9 Å². The molecule has 2 aliphatic rings. The molecule has 1 aromatic rings. The Balaban J connectivity index is 1.69. The third kappa shape index (κ3) is 4.30. The van der Waals surface area contributed by atoms with Crippen molar-refractivity contribution in [1.82, 2.24) is 15.5 Å². The van der Waals surface area contributed by atoms with Gasteiger partial charge >= 0.3 is 6.03 Å². The fourth-order valence-electron chi connectivity index (χ4n) is 3.93. The Morgan fingerprint density at radius 1 is 1.22 bits per heavy atom. The van der Waals surface area contributed by atoms with E-state index in [9.17, 15) is 14.4 Å². The summed E-state index contributed by atoms with van der Waals surface area (Å²) in [4.78, 5) is 38.6. The van der Waals surface area contributed by atoms with Crippen molar-refractivity contribution in [2.75, 3.05) is 0 Å². The Hall–Kier alpha value is -2.41.